The molecule has 7 aromatic carbocycles. The van der Waals surface area contributed by atoms with E-state index in [4.69, 9.17) is 4.42 Å². The molecule has 1 aliphatic carbocycles. The zero-order valence-electron chi connectivity index (χ0n) is 34.0. The van der Waals surface area contributed by atoms with Crippen molar-refractivity contribution in [3.8, 4) is 27.9 Å². The Morgan fingerprint density at radius 3 is 2.09 bits per heavy atom. The van der Waals surface area contributed by atoms with E-state index < -0.39 is 0 Å². The zero-order chi connectivity index (χ0) is 38.9. The van der Waals surface area contributed by atoms with Crippen molar-refractivity contribution in [2.24, 2.45) is 0 Å². The van der Waals surface area contributed by atoms with Crippen molar-refractivity contribution in [3.05, 3.63) is 150 Å². The number of benzene rings is 7. The van der Waals surface area contributed by atoms with Crippen molar-refractivity contribution < 1.29 is 4.42 Å². The predicted molar refractivity (Wildman–Crippen MR) is 242 cm³/mol. The van der Waals surface area contributed by atoms with Crippen LogP contribution in [0.25, 0.3) is 71.7 Å². The SMILES string of the molecule is CC(C)(C)c1ccc(N2B3c4cc(C(C)(C)C)ccc4-n4c5ccc6c(c5c5ccc(c3c54)-c3cc4oc5ccccc5c4cc32)-c2ccccc2C6(C)C)cc1. The summed E-state index contributed by atoms with van der Waals surface area (Å²) in [5, 5.41) is 4.97. The van der Waals surface area contributed by atoms with Gasteiger partial charge in [-0.2, -0.15) is 0 Å². The number of fused-ring (bicyclic) bond motifs is 15. The van der Waals surface area contributed by atoms with Crippen molar-refractivity contribution in [2.45, 2.75) is 71.6 Å². The lowest BCUT2D eigenvalue weighted by molar-refractivity contribution is 0.590. The van der Waals surface area contributed by atoms with E-state index in [0.717, 1.165) is 21.9 Å². The molecule has 12 rings (SSSR count). The molecule has 9 aromatic rings. The summed E-state index contributed by atoms with van der Waals surface area (Å²) in [4.78, 5) is 2.65. The Morgan fingerprint density at radius 1 is 0.561 bits per heavy atom. The van der Waals surface area contributed by atoms with E-state index in [1.165, 1.54) is 94.3 Å². The van der Waals surface area contributed by atoms with Gasteiger partial charge in [-0.05, 0) is 103 Å². The Labute approximate surface area is 334 Å². The van der Waals surface area contributed by atoms with Crippen LogP contribution in [0.15, 0.2) is 132 Å². The molecule has 0 amide bonds. The highest BCUT2D eigenvalue weighted by molar-refractivity contribution is 6.93. The van der Waals surface area contributed by atoms with Gasteiger partial charge in [-0.1, -0.05) is 140 Å². The number of para-hydroxylation sites is 1. The van der Waals surface area contributed by atoms with Gasteiger partial charge >= 0.3 is 6.85 Å². The minimum absolute atomic E-state index is 0.0212. The molecule has 0 spiro atoms. The van der Waals surface area contributed by atoms with Crippen molar-refractivity contribution >= 4 is 72.9 Å². The van der Waals surface area contributed by atoms with E-state index in [9.17, 15) is 0 Å². The maximum atomic E-state index is 6.62. The number of anilines is 2. The van der Waals surface area contributed by atoms with Gasteiger partial charge in [0.1, 0.15) is 11.2 Å². The molecule has 4 heterocycles. The molecule has 0 atom stereocenters. The summed E-state index contributed by atoms with van der Waals surface area (Å²) in [5.41, 5.74) is 21.5. The molecule has 3 nitrogen and oxygen atoms in total. The first-order valence-corrected chi connectivity index (χ1v) is 20.6. The number of hydrogen-bond donors (Lipinski definition) is 0. The number of hydrogen-bond acceptors (Lipinski definition) is 2. The lowest BCUT2D eigenvalue weighted by atomic mass is 9.43. The van der Waals surface area contributed by atoms with Crippen LogP contribution in [0, 0.1) is 0 Å². The average Bonchev–Trinajstić information content (AvgIpc) is 3.81. The largest absolute Gasteiger partial charge is 0.456 e. The maximum absolute atomic E-state index is 6.62. The molecule has 0 saturated heterocycles. The second-order valence-electron chi connectivity index (χ2n) is 19.4. The monoisotopic (exact) mass is 736 g/mol. The van der Waals surface area contributed by atoms with E-state index in [1.54, 1.807) is 0 Å². The topological polar surface area (TPSA) is 21.3 Å². The first-order valence-electron chi connectivity index (χ1n) is 20.6. The molecule has 3 aliphatic rings. The van der Waals surface area contributed by atoms with Gasteiger partial charge in [0.2, 0.25) is 0 Å². The molecule has 0 radical (unpaired) electrons. The Bertz CT molecular complexity index is 3230. The molecule has 0 unspecified atom stereocenters. The molecule has 2 aliphatic heterocycles. The highest BCUT2D eigenvalue weighted by atomic mass is 16.3. The first kappa shape index (κ1) is 33.2. The highest BCUT2D eigenvalue weighted by Crippen LogP contribution is 2.54. The molecule has 276 valence electrons. The van der Waals surface area contributed by atoms with Crippen LogP contribution in [-0.4, -0.2) is 11.4 Å². The van der Waals surface area contributed by atoms with Crippen molar-refractivity contribution in [2.75, 3.05) is 4.81 Å². The molecular weight excluding hydrogens is 691 g/mol. The van der Waals surface area contributed by atoms with E-state index in [0.29, 0.717) is 0 Å². The molecular formula is C53H45BN2O. The molecule has 0 fully saturated rings. The minimum Gasteiger partial charge on any atom is -0.456 e. The summed E-state index contributed by atoms with van der Waals surface area (Å²) >= 11 is 0. The fourth-order valence-electron chi connectivity index (χ4n) is 10.8. The van der Waals surface area contributed by atoms with Crippen molar-refractivity contribution in [1.82, 2.24) is 4.57 Å². The number of rotatable bonds is 1. The fraction of sp³-hybridized carbons (Fsp3) is 0.208. The summed E-state index contributed by atoms with van der Waals surface area (Å²) in [7, 11) is 0. The molecule has 0 bridgehead atoms. The second kappa shape index (κ2) is 10.7. The van der Waals surface area contributed by atoms with Crippen molar-refractivity contribution in [3.63, 3.8) is 0 Å². The van der Waals surface area contributed by atoms with Gasteiger partial charge in [-0.25, -0.2) is 0 Å². The van der Waals surface area contributed by atoms with Gasteiger partial charge < -0.3 is 13.8 Å². The molecule has 0 saturated carbocycles. The van der Waals surface area contributed by atoms with Crippen LogP contribution >= 0.6 is 0 Å². The second-order valence-corrected chi connectivity index (χ2v) is 19.4. The van der Waals surface area contributed by atoms with Crippen molar-refractivity contribution in [1.29, 1.82) is 0 Å². The third-order valence-corrected chi connectivity index (χ3v) is 13.7. The lowest BCUT2D eigenvalue weighted by Gasteiger charge is -2.42. The van der Waals surface area contributed by atoms with Crippen LogP contribution in [-0.2, 0) is 16.2 Å². The van der Waals surface area contributed by atoms with Gasteiger partial charge in [0.05, 0.1) is 11.0 Å². The van der Waals surface area contributed by atoms with E-state index in [2.05, 4.69) is 192 Å². The third-order valence-electron chi connectivity index (χ3n) is 13.7. The maximum Gasteiger partial charge on any atom is 0.333 e. The Hall–Kier alpha value is -6.00. The first-order chi connectivity index (χ1) is 27.3. The molecule has 57 heavy (non-hydrogen) atoms. The van der Waals surface area contributed by atoms with Gasteiger partial charge in [-0.3, -0.25) is 0 Å². The van der Waals surface area contributed by atoms with E-state index in [-0.39, 0.29) is 23.1 Å². The highest BCUT2D eigenvalue weighted by Gasteiger charge is 2.46. The smallest absolute Gasteiger partial charge is 0.333 e. The number of nitrogens with zero attached hydrogens (tertiary/aromatic N) is 2. The summed E-state index contributed by atoms with van der Waals surface area (Å²) in [6, 6.07) is 48.6. The van der Waals surface area contributed by atoms with Crippen LogP contribution in [0.2, 0.25) is 0 Å². The molecule has 4 heteroatoms. The van der Waals surface area contributed by atoms with Crippen LogP contribution in [0.5, 0.6) is 0 Å². The van der Waals surface area contributed by atoms with Gasteiger partial charge in [-0.15, -0.1) is 0 Å². The summed E-state index contributed by atoms with van der Waals surface area (Å²) < 4.78 is 9.23. The lowest BCUT2D eigenvalue weighted by Crippen LogP contribution is -2.60. The van der Waals surface area contributed by atoms with Crippen LogP contribution in [0.4, 0.5) is 11.4 Å². The summed E-state index contributed by atoms with van der Waals surface area (Å²) in [6.45, 7) is 18.6. The van der Waals surface area contributed by atoms with Crippen LogP contribution < -0.4 is 15.7 Å². The zero-order valence-corrected chi connectivity index (χ0v) is 34.0. The Balaban J connectivity index is 1.26. The number of aromatic nitrogens is 1. The van der Waals surface area contributed by atoms with E-state index >= 15 is 0 Å². The minimum atomic E-state index is -0.0854. The quantitative estimate of drug-likeness (QED) is 0.157. The van der Waals surface area contributed by atoms with E-state index in [1.807, 2.05) is 0 Å². The standard InChI is InChI=1S/C53H45BN2O/c1-51(2,3)30-17-20-32(21-18-30)56-44-28-38-33-13-10-12-16-45(33)57-46(38)29-37(44)34-22-23-36-48-43(26-24-40-47(48)35-14-9-11-15-39(35)53(40,7)8)55-42-25-19-31(52(4,5)6)27-41(42)54(56)49(34)50(36)55/h9-29H,1-8H3. The average molecular weight is 737 g/mol. The molecule has 2 aromatic heterocycles. The predicted octanol–water partition coefficient (Wildman–Crippen LogP) is 12.8. The Morgan fingerprint density at radius 2 is 1.30 bits per heavy atom. The normalized spacial score (nSPS) is 15.1. The van der Waals surface area contributed by atoms with Gasteiger partial charge in [0, 0.05) is 49.6 Å². The number of furan rings is 1. The fourth-order valence-corrected chi connectivity index (χ4v) is 10.8. The van der Waals surface area contributed by atoms with Gasteiger partial charge in [0.25, 0.3) is 0 Å². The molecule has 0 N–H and O–H groups in total. The van der Waals surface area contributed by atoms with Gasteiger partial charge in [0.15, 0.2) is 0 Å². The third kappa shape index (κ3) is 4.23. The van der Waals surface area contributed by atoms with Crippen LogP contribution in [0.3, 0.4) is 0 Å². The van der Waals surface area contributed by atoms with Crippen LogP contribution in [0.1, 0.15) is 77.6 Å². The Kier molecular flexibility index (Phi) is 6.22. The summed E-state index contributed by atoms with van der Waals surface area (Å²) in [5.74, 6) is 0. The summed E-state index contributed by atoms with van der Waals surface area (Å²) in [6.07, 6.45) is 0.